The minimum absolute atomic E-state index is 0.146. The molecule has 0 spiro atoms. The van der Waals surface area contributed by atoms with Crippen molar-refractivity contribution in [2.45, 2.75) is 13.1 Å². The van der Waals surface area contributed by atoms with E-state index in [1.807, 2.05) is 6.07 Å². The first kappa shape index (κ1) is 16.2. The van der Waals surface area contributed by atoms with Gasteiger partial charge in [0.25, 0.3) is 0 Å². The van der Waals surface area contributed by atoms with Crippen molar-refractivity contribution in [1.82, 2.24) is 9.80 Å². The van der Waals surface area contributed by atoms with Crippen LogP contribution in [0, 0.1) is 5.82 Å². The fraction of sp³-hybridized carbons (Fsp3) is 0.273. The Labute approximate surface area is 148 Å². The van der Waals surface area contributed by atoms with Crippen molar-refractivity contribution < 1.29 is 4.39 Å². The monoisotopic (exact) mass is 334 g/mol. The fourth-order valence-electron chi connectivity index (χ4n) is 3.67. The lowest BCUT2D eigenvalue weighted by Gasteiger charge is -2.35. The number of hydrogen-bond acceptors (Lipinski definition) is 2. The number of hydrogen-bond donors (Lipinski definition) is 0. The SMILES string of the molecule is Fc1cccc(CN2CCN(Cc3cccc4ccccc34)CC2)c1. The first-order chi connectivity index (χ1) is 12.3. The van der Waals surface area contributed by atoms with Crippen molar-refractivity contribution in [3.8, 4) is 0 Å². The highest BCUT2D eigenvalue weighted by molar-refractivity contribution is 5.85. The predicted molar refractivity (Wildman–Crippen MR) is 101 cm³/mol. The first-order valence-corrected chi connectivity index (χ1v) is 8.94. The standard InChI is InChI=1S/C22H23FN2/c23-21-9-3-5-18(15-21)16-24-11-13-25(14-12-24)17-20-8-4-7-19-6-1-2-10-22(19)20/h1-10,15H,11-14,16-17H2. The molecule has 0 aromatic heterocycles. The van der Waals surface area contributed by atoms with Gasteiger partial charge in [-0.3, -0.25) is 9.80 Å². The van der Waals surface area contributed by atoms with Crippen LogP contribution in [0.1, 0.15) is 11.1 Å². The van der Waals surface area contributed by atoms with Crippen LogP contribution >= 0.6 is 0 Å². The highest BCUT2D eigenvalue weighted by Gasteiger charge is 2.17. The number of benzene rings is 3. The van der Waals surface area contributed by atoms with Gasteiger partial charge in [0.2, 0.25) is 0 Å². The van der Waals surface area contributed by atoms with E-state index < -0.39 is 0 Å². The molecule has 2 nitrogen and oxygen atoms in total. The van der Waals surface area contributed by atoms with Crippen molar-refractivity contribution in [2.24, 2.45) is 0 Å². The molecule has 25 heavy (non-hydrogen) atoms. The zero-order valence-corrected chi connectivity index (χ0v) is 14.4. The smallest absolute Gasteiger partial charge is 0.123 e. The van der Waals surface area contributed by atoms with Crippen molar-refractivity contribution in [2.75, 3.05) is 26.2 Å². The molecule has 0 bridgehead atoms. The van der Waals surface area contributed by atoms with Gasteiger partial charge in [-0.15, -0.1) is 0 Å². The van der Waals surface area contributed by atoms with Gasteiger partial charge in [-0.25, -0.2) is 4.39 Å². The summed E-state index contributed by atoms with van der Waals surface area (Å²) >= 11 is 0. The Balaban J connectivity index is 1.37. The molecule has 0 atom stereocenters. The molecule has 4 rings (SSSR count). The van der Waals surface area contributed by atoms with Crippen LogP contribution in [-0.4, -0.2) is 36.0 Å². The Morgan fingerprint density at radius 1 is 0.720 bits per heavy atom. The Hall–Kier alpha value is -2.23. The molecule has 0 N–H and O–H groups in total. The third-order valence-electron chi connectivity index (χ3n) is 5.03. The van der Waals surface area contributed by atoms with Gasteiger partial charge < -0.3 is 0 Å². The molecule has 0 amide bonds. The lowest BCUT2D eigenvalue weighted by atomic mass is 10.0. The van der Waals surface area contributed by atoms with E-state index in [9.17, 15) is 4.39 Å². The van der Waals surface area contributed by atoms with Crippen LogP contribution < -0.4 is 0 Å². The molecule has 128 valence electrons. The van der Waals surface area contributed by atoms with E-state index in [2.05, 4.69) is 52.3 Å². The molecule has 1 aliphatic rings. The third-order valence-corrected chi connectivity index (χ3v) is 5.03. The van der Waals surface area contributed by atoms with E-state index in [0.29, 0.717) is 0 Å². The van der Waals surface area contributed by atoms with Crippen molar-refractivity contribution in [1.29, 1.82) is 0 Å². The van der Waals surface area contributed by atoms with Gasteiger partial charge in [0.1, 0.15) is 5.82 Å². The van der Waals surface area contributed by atoms with Crippen molar-refractivity contribution in [3.05, 3.63) is 83.7 Å². The number of nitrogens with zero attached hydrogens (tertiary/aromatic N) is 2. The van der Waals surface area contributed by atoms with Gasteiger partial charge in [-0.2, -0.15) is 0 Å². The van der Waals surface area contributed by atoms with Gasteiger partial charge in [0.15, 0.2) is 0 Å². The molecule has 3 heteroatoms. The fourth-order valence-corrected chi connectivity index (χ4v) is 3.67. The average Bonchev–Trinajstić information content (AvgIpc) is 2.64. The second-order valence-electron chi connectivity index (χ2n) is 6.82. The summed E-state index contributed by atoms with van der Waals surface area (Å²) in [5.74, 6) is -0.146. The van der Waals surface area contributed by atoms with Crippen LogP contribution in [0.4, 0.5) is 4.39 Å². The summed E-state index contributed by atoms with van der Waals surface area (Å²) in [6, 6.07) is 22.1. The van der Waals surface area contributed by atoms with Crippen LogP contribution in [-0.2, 0) is 13.1 Å². The van der Waals surface area contributed by atoms with E-state index in [4.69, 9.17) is 0 Å². The molecule has 0 radical (unpaired) electrons. The molecule has 1 saturated heterocycles. The first-order valence-electron chi connectivity index (χ1n) is 8.94. The van der Waals surface area contributed by atoms with Gasteiger partial charge in [-0.05, 0) is 34.0 Å². The summed E-state index contributed by atoms with van der Waals surface area (Å²) in [5.41, 5.74) is 2.46. The maximum absolute atomic E-state index is 13.3. The number of piperazine rings is 1. The number of rotatable bonds is 4. The normalized spacial score (nSPS) is 16.4. The van der Waals surface area contributed by atoms with E-state index in [0.717, 1.165) is 44.8 Å². The largest absolute Gasteiger partial charge is 0.297 e. The maximum atomic E-state index is 13.3. The Bertz CT molecular complexity index is 848. The molecule has 1 fully saturated rings. The van der Waals surface area contributed by atoms with Crippen LogP contribution in [0.2, 0.25) is 0 Å². The van der Waals surface area contributed by atoms with Gasteiger partial charge >= 0.3 is 0 Å². The minimum atomic E-state index is -0.146. The van der Waals surface area contributed by atoms with Gasteiger partial charge in [-0.1, -0.05) is 54.6 Å². The molecular formula is C22H23FN2. The lowest BCUT2D eigenvalue weighted by molar-refractivity contribution is 0.122. The maximum Gasteiger partial charge on any atom is 0.123 e. The van der Waals surface area contributed by atoms with Crippen LogP contribution in [0.25, 0.3) is 10.8 Å². The second-order valence-corrected chi connectivity index (χ2v) is 6.82. The highest BCUT2D eigenvalue weighted by atomic mass is 19.1. The summed E-state index contributed by atoms with van der Waals surface area (Å²) in [5, 5.41) is 2.66. The molecule has 0 unspecified atom stereocenters. The van der Waals surface area contributed by atoms with E-state index in [1.165, 1.54) is 22.4 Å². The van der Waals surface area contributed by atoms with E-state index in [-0.39, 0.29) is 5.82 Å². The predicted octanol–water partition coefficient (Wildman–Crippen LogP) is 4.30. The van der Waals surface area contributed by atoms with Crippen molar-refractivity contribution >= 4 is 10.8 Å². The summed E-state index contributed by atoms with van der Waals surface area (Å²) in [6.45, 7) is 5.99. The van der Waals surface area contributed by atoms with E-state index >= 15 is 0 Å². The molecule has 3 aromatic rings. The van der Waals surface area contributed by atoms with E-state index in [1.54, 1.807) is 12.1 Å². The Morgan fingerprint density at radius 2 is 1.40 bits per heavy atom. The van der Waals surface area contributed by atoms with Crippen LogP contribution in [0.5, 0.6) is 0 Å². The summed E-state index contributed by atoms with van der Waals surface area (Å²) < 4.78 is 13.3. The van der Waals surface area contributed by atoms with Crippen LogP contribution in [0.15, 0.2) is 66.7 Å². The average molecular weight is 334 g/mol. The number of halogens is 1. The zero-order chi connectivity index (χ0) is 17.1. The quantitative estimate of drug-likeness (QED) is 0.702. The topological polar surface area (TPSA) is 6.48 Å². The second kappa shape index (κ2) is 7.34. The van der Waals surface area contributed by atoms with Crippen LogP contribution in [0.3, 0.4) is 0 Å². The zero-order valence-electron chi connectivity index (χ0n) is 14.4. The minimum Gasteiger partial charge on any atom is -0.297 e. The van der Waals surface area contributed by atoms with Crippen molar-refractivity contribution in [3.63, 3.8) is 0 Å². The molecule has 1 heterocycles. The Morgan fingerprint density at radius 3 is 2.20 bits per heavy atom. The summed E-state index contributed by atoms with van der Waals surface area (Å²) in [7, 11) is 0. The number of fused-ring (bicyclic) bond motifs is 1. The molecular weight excluding hydrogens is 311 g/mol. The lowest BCUT2D eigenvalue weighted by Crippen LogP contribution is -2.45. The van der Waals surface area contributed by atoms with Gasteiger partial charge in [0.05, 0.1) is 0 Å². The molecule has 0 saturated carbocycles. The molecule has 3 aromatic carbocycles. The van der Waals surface area contributed by atoms with Gasteiger partial charge in [0, 0.05) is 39.3 Å². The summed E-state index contributed by atoms with van der Waals surface area (Å²) in [4.78, 5) is 4.93. The highest BCUT2D eigenvalue weighted by Crippen LogP contribution is 2.21. The molecule has 0 aliphatic carbocycles. The Kier molecular flexibility index (Phi) is 4.77. The molecule has 1 aliphatic heterocycles. The summed E-state index contributed by atoms with van der Waals surface area (Å²) in [6.07, 6.45) is 0. The third kappa shape index (κ3) is 3.89.